The molecular weight excluding hydrogens is 399 g/mol. The van der Waals surface area contributed by atoms with Gasteiger partial charge in [0.2, 0.25) is 0 Å². The van der Waals surface area contributed by atoms with Gasteiger partial charge >= 0.3 is 6.09 Å². The summed E-state index contributed by atoms with van der Waals surface area (Å²) < 4.78 is 19.2. The molecule has 2 aromatic rings. The highest BCUT2D eigenvalue weighted by atomic mass is 19.1. The molecule has 0 radical (unpaired) electrons. The molecule has 1 atom stereocenters. The van der Waals surface area contributed by atoms with Gasteiger partial charge in [0.05, 0.1) is 12.1 Å². The number of hydrogen-bond acceptors (Lipinski definition) is 4. The van der Waals surface area contributed by atoms with E-state index in [0.717, 1.165) is 44.3 Å². The Balaban J connectivity index is 1.34. The van der Waals surface area contributed by atoms with Crippen LogP contribution in [-0.4, -0.2) is 71.7 Å². The van der Waals surface area contributed by atoms with E-state index >= 15 is 0 Å². The van der Waals surface area contributed by atoms with E-state index in [1.54, 1.807) is 17.0 Å². The smallest absolute Gasteiger partial charge is 0.409 e. The number of nitrogens with zero attached hydrogens (tertiary/aromatic N) is 2. The Morgan fingerprint density at radius 2 is 2.00 bits per heavy atom. The minimum Gasteiger partial charge on any atom is -0.450 e. The van der Waals surface area contributed by atoms with Gasteiger partial charge < -0.3 is 19.9 Å². The van der Waals surface area contributed by atoms with Crippen molar-refractivity contribution in [3.05, 3.63) is 35.3 Å². The molecule has 2 aliphatic heterocycles. The highest BCUT2D eigenvalue weighted by Crippen LogP contribution is 2.24. The van der Waals surface area contributed by atoms with E-state index < -0.39 is 0 Å². The number of likely N-dealkylation sites (tertiary alicyclic amines) is 2. The Labute approximate surface area is 181 Å². The molecule has 2 amide bonds. The first-order valence-electron chi connectivity index (χ1n) is 11.2. The van der Waals surface area contributed by atoms with Crippen LogP contribution in [-0.2, 0) is 4.74 Å². The van der Waals surface area contributed by atoms with Gasteiger partial charge in [-0.1, -0.05) is 6.07 Å². The molecule has 1 aromatic carbocycles. The molecule has 4 rings (SSSR count). The third-order valence-electron chi connectivity index (χ3n) is 6.49. The van der Waals surface area contributed by atoms with Crippen molar-refractivity contribution in [1.29, 1.82) is 0 Å². The lowest BCUT2D eigenvalue weighted by molar-refractivity contribution is 0.0601. The SMILES string of the molecule is CCOC(=O)N1CCC(N2CCC[C@H](NC(=O)c3cc4c(F)ccc(C)c4[nH]3)C2)CC1. The molecule has 168 valence electrons. The molecule has 0 saturated carbocycles. The maximum atomic E-state index is 14.1. The molecule has 0 spiro atoms. The number of aromatic amines is 1. The van der Waals surface area contributed by atoms with Crippen molar-refractivity contribution in [1.82, 2.24) is 20.1 Å². The summed E-state index contributed by atoms with van der Waals surface area (Å²) in [5.41, 5.74) is 1.97. The van der Waals surface area contributed by atoms with Gasteiger partial charge in [0.25, 0.3) is 5.91 Å². The van der Waals surface area contributed by atoms with Crippen LogP contribution in [0.4, 0.5) is 9.18 Å². The number of aryl methyl sites for hydroxylation is 1. The second-order valence-corrected chi connectivity index (χ2v) is 8.56. The Bertz CT molecular complexity index is 913. The van der Waals surface area contributed by atoms with Gasteiger partial charge in [0.1, 0.15) is 11.5 Å². The Morgan fingerprint density at radius 1 is 1.23 bits per heavy atom. The zero-order valence-corrected chi connectivity index (χ0v) is 18.2. The number of halogens is 1. The third-order valence-corrected chi connectivity index (χ3v) is 6.49. The Kier molecular flexibility index (Phi) is 6.46. The molecule has 1 aromatic heterocycles. The minimum absolute atomic E-state index is 0.0571. The van der Waals surface area contributed by atoms with Crippen molar-refractivity contribution in [2.75, 3.05) is 32.8 Å². The van der Waals surface area contributed by atoms with Crippen LogP contribution in [0, 0.1) is 12.7 Å². The van der Waals surface area contributed by atoms with E-state index in [-0.39, 0.29) is 23.9 Å². The standard InChI is InChI=1S/C23H31FN4O3/c1-3-31-23(30)27-11-8-17(9-12-27)28-10-4-5-16(14-28)25-22(29)20-13-18-19(24)7-6-15(2)21(18)26-20/h6-7,13,16-17,26H,3-5,8-12,14H2,1-2H3,(H,25,29)/t16-/m0/s1. The van der Waals surface area contributed by atoms with E-state index in [1.807, 2.05) is 13.8 Å². The summed E-state index contributed by atoms with van der Waals surface area (Å²) in [5, 5.41) is 3.58. The fourth-order valence-electron chi connectivity index (χ4n) is 4.79. The summed E-state index contributed by atoms with van der Waals surface area (Å²) >= 11 is 0. The number of benzene rings is 1. The first-order chi connectivity index (χ1) is 15.0. The summed E-state index contributed by atoms with van der Waals surface area (Å²) in [7, 11) is 0. The van der Waals surface area contributed by atoms with Crippen molar-refractivity contribution in [3.8, 4) is 0 Å². The second kappa shape index (κ2) is 9.26. The van der Waals surface area contributed by atoms with Crippen molar-refractivity contribution < 1.29 is 18.7 Å². The molecular formula is C23H31FN4O3. The number of aromatic nitrogens is 1. The van der Waals surface area contributed by atoms with E-state index in [2.05, 4.69) is 15.2 Å². The molecule has 2 saturated heterocycles. The number of nitrogens with one attached hydrogen (secondary N) is 2. The summed E-state index contributed by atoms with van der Waals surface area (Å²) in [4.78, 5) is 32.0. The Morgan fingerprint density at radius 3 is 2.71 bits per heavy atom. The monoisotopic (exact) mass is 430 g/mol. The number of carbonyl (C=O) groups is 2. The largest absolute Gasteiger partial charge is 0.450 e. The number of hydrogen-bond donors (Lipinski definition) is 2. The number of piperidine rings is 2. The summed E-state index contributed by atoms with van der Waals surface area (Å²) in [6.45, 7) is 7.33. The van der Waals surface area contributed by atoms with Gasteiger partial charge in [-0.3, -0.25) is 9.69 Å². The van der Waals surface area contributed by atoms with Gasteiger partial charge in [-0.15, -0.1) is 0 Å². The average Bonchev–Trinajstić information content (AvgIpc) is 3.24. The van der Waals surface area contributed by atoms with Gasteiger partial charge in [0.15, 0.2) is 0 Å². The number of H-pyrrole nitrogens is 1. The van der Waals surface area contributed by atoms with E-state index in [1.165, 1.54) is 6.07 Å². The highest BCUT2D eigenvalue weighted by Gasteiger charge is 2.31. The number of fused-ring (bicyclic) bond motifs is 1. The molecule has 8 heteroatoms. The zero-order chi connectivity index (χ0) is 22.0. The average molecular weight is 431 g/mol. The van der Waals surface area contributed by atoms with Crippen molar-refractivity contribution in [2.45, 2.75) is 51.6 Å². The fourth-order valence-corrected chi connectivity index (χ4v) is 4.79. The maximum absolute atomic E-state index is 14.1. The maximum Gasteiger partial charge on any atom is 0.409 e. The van der Waals surface area contributed by atoms with E-state index in [9.17, 15) is 14.0 Å². The number of rotatable bonds is 4. The second-order valence-electron chi connectivity index (χ2n) is 8.56. The van der Waals surface area contributed by atoms with Crippen LogP contribution in [0.3, 0.4) is 0 Å². The predicted octanol–water partition coefficient (Wildman–Crippen LogP) is 3.43. The van der Waals surface area contributed by atoms with Crippen LogP contribution in [0.2, 0.25) is 0 Å². The van der Waals surface area contributed by atoms with Gasteiger partial charge in [-0.25, -0.2) is 9.18 Å². The van der Waals surface area contributed by atoms with Crippen molar-refractivity contribution in [2.24, 2.45) is 0 Å². The Hall–Kier alpha value is -2.61. The number of ether oxygens (including phenoxy) is 1. The zero-order valence-electron chi connectivity index (χ0n) is 18.2. The van der Waals surface area contributed by atoms with Gasteiger partial charge in [-0.2, -0.15) is 0 Å². The third kappa shape index (κ3) is 4.69. The quantitative estimate of drug-likeness (QED) is 0.779. The van der Waals surface area contributed by atoms with Crippen LogP contribution in [0.1, 0.15) is 48.7 Å². The van der Waals surface area contributed by atoms with Crippen LogP contribution < -0.4 is 5.32 Å². The normalized spacial score (nSPS) is 20.7. The lowest BCUT2D eigenvalue weighted by Gasteiger charge is -2.42. The minimum atomic E-state index is -0.325. The fraction of sp³-hybridized carbons (Fsp3) is 0.565. The van der Waals surface area contributed by atoms with Crippen LogP contribution in [0.15, 0.2) is 18.2 Å². The molecule has 2 N–H and O–H groups in total. The van der Waals surface area contributed by atoms with Crippen molar-refractivity contribution in [3.63, 3.8) is 0 Å². The number of amides is 2. The van der Waals surface area contributed by atoms with E-state index in [4.69, 9.17) is 4.74 Å². The van der Waals surface area contributed by atoms with E-state index in [0.29, 0.717) is 42.3 Å². The molecule has 0 aliphatic carbocycles. The van der Waals surface area contributed by atoms with Crippen LogP contribution >= 0.6 is 0 Å². The predicted molar refractivity (Wildman–Crippen MR) is 117 cm³/mol. The molecule has 0 bridgehead atoms. The summed E-state index contributed by atoms with van der Waals surface area (Å²) in [5.74, 6) is -0.520. The molecule has 3 heterocycles. The summed E-state index contributed by atoms with van der Waals surface area (Å²) in [6.07, 6.45) is 3.55. The molecule has 2 aliphatic rings. The summed E-state index contributed by atoms with van der Waals surface area (Å²) in [6, 6.07) is 5.21. The highest BCUT2D eigenvalue weighted by molar-refractivity contribution is 5.99. The lowest BCUT2D eigenvalue weighted by atomic mass is 9.98. The first kappa shape index (κ1) is 21.6. The molecule has 31 heavy (non-hydrogen) atoms. The number of carbonyl (C=O) groups excluding carboxylic acids is 2. The lowest BCUT2D eigenvalue weighted by Crippen LogP contribution is -2.54. The first-order valence-corrected chi connectivity index (χ1v) is 11.2. The van der Waals surface area contributed by atoms with Gasteiger partial charge in [-0.05, 0) is 63.8 Å². The van der Waals surface area contributed by atoms with Gasteiger partial charge in [0, 0.05) is 37.1 Å². The molecule has 0 unspecified atom stereocenters. The van der Waals surface area contributed by atoms with Crippen LogP contribution in [0.25, 0.3) is 10.9 Å². The van der Waals surface area contributed by atoms with Crippen LogP contribution in [0.5, 0.6) is 0 Å². The topological polar surface area (TPSA) is 77.7 Å². The molecule has 7 nitrogen and oxygen atoms in total. The molecule has 2 fully saturated rings. The van der Waals surface area contributed by atoms with Crippen molar-refractivity contribution >= 4 is 22.9 Å².